The molecule has 2 aliphatic heterocycles. The van der Waals surface area contributed by atoms with Crippen molar-refractivity contribution in [2.24, 2.45) is 5.92 Å². The average molecular weight is 267 g/mol. The number of aromatic nitrogens is 3. The van der Waals surface area contributed by atoms with E-state index in [2.05, 4.69) is 10.2 Å². The average Bonchev–Trinajstić information content (AvgIpc) is 2.99. The highest BCUT2D eigenvalue weighted by atomic mass is 32.2. The molecule has 2 aliphatic rings. The van der Waals surface area contributed by atoms with Gasteiger partial charge in [-0.05, 0) is 25.0 Å². The first-order chi connectivity index (χ1) is 8.74. The van der Waals surface area contributed by atoms with Gasteiger partial charge < -0.3 is 9.67 Å². The van der Waals surface area contributed by atoms with Crippen molar-refractivity contribution in [3.05, 3.63) is 11.6 Å². The molecule has 1 aromatic heterocycles. The number of carboxylic acids is 1. The second-order valence-electron chi connectivity index (χ2n) is 5.06. The van der Waals surface area contributed by atoms with Crippen LogP contribution in [-0.4, -0.2) is 36.8 Å². The van der Waals surface area contributed by atoms with Crippen molar-refractivity contribution in [3.8, 4) is 0 Å². The standard InChI is InChI=1S/C12H17N3O2S/c16-12(17)8-3-4-10-13-14-11(15(10)7-8)6-9-2-1-5-18-9/h8-9H,1-7H2,(H,16,17). The van der Waals surface area contributed by atoms with Crippen molar-refractivity contribution in [1.29, 1.82) is 0 Å². The van der Waals surface area contributed by atoms with E-state index in [-0.39, 0.29) is 5.92 Å². The van der Waals surface area contributed by atoms with Gasteiger partial charge >= 0.3 is 5.97 Å². The highest BCUT2D eigenvalue weighted by Gasteiger charge is 2.28. The van der Waals surface area contributed by atoms with Gasteiger partial charge in [0.2, 0.25) is 0 Å². The number of nitrogens with zero attached hydrogens (tertiary/aromatic N) is 3. The van der Waals surface area contributed by atoms with Gasteiger partial charge in [-0.1, -0.05) is 0 Å². The van der Waals surface area contributed by atoms with Crippen molar-refractivity contribution >= 4 is 17.7 Å². The summed E-state index contributed by atoms with van der Waals surface area (Å²) in [5.41, 5.74) is 0. The Morgan fingerprint density at radius 2 is 2.33 bits per heavy atom. The zero-order valence-electron chi connectivity index (χ0n) is 10.2. The minimum absolute atomic E-state index is 0.275. The molecule has 1 saturated heterocycles. The van der Waals surface area contributed by atoms with Crippen LogP contribution in [0, 0.1) is 5.92 Å². The lowest BCUT2D eigenvalue weighted by Crippen LogP contribution is -2.28. The molecule has 0 bridgehead atoms. The monoisotopic (exact) mass is 267 g/mol. The molecule has 3 rings (SSSR count). The molecule has 98 valence electrons. The molecule has 18 heavy (non-hydrogen) atoms. The summed E-state index contributed by atoms with van der Waals surface area (Å²) in [4.78, 5) is 11.1. The van der Waals surface area contributed by atoms with Crippen molar-refractivity contribution in [1.82, 2.24) is 14.8 Å². The van der Waals surface area contributed by atoms with Crippen LogP contribution in [0.5, 0.6) is 0 Å². The molecular formula is C12H17N3O2S. The summed E-state index contributed by atoms with van der Waals surface area (Å²) in [6, 6.07) is 0. The van der Waals surface area contributed by atoms with Crippen LogP contribution in [0.3, 0.4) is 0 Å². The second-order valence-corrected chi connectivity index (χ2v) is 6.46. The predicted molar refractivity (Wildman–Crippen MR) is 68.7 cm³/mol. The first-order valence-electron chi connectivity index (χ1n) is 6.49. The van der Waals surface area contributed by atoms with Crippen LogP contribution in [0.4, 0.5) is 0 Å². The zero-order chi connectivity index (χ0) is 12.5. The number of hydrogen-bond donors (Lipinski definition) is 1. The quantitative estimate of drug-likeness (QED) is 0.895. The molecule has 1 fully saturated rings. The third-order valence-electron chi connectivity index (χ3n) is 3.81. The van der Waals surface area contributed by atoms with E-state index in [4.69, 9.17) is 5.11 Å². The van der Waals surface area contributed by atoms with E-state index < -0.39 is 5.97 Å². The van der Waals surface area contributed by atoms with E-state index in [1.165, 1.54) is 18.6 Å². The summed E-state index contributed by atoms with van der Waals surface area (Å²) in [6.07, 6.45) is 4.89. The Balaban J connectivity index is 1.76. The molecule has 5 nitrogen and oxygen atoms in total. The maximum Gasteiger partial charge on any atom is 0.308 e. The highest BCUT2D eigenvalue weighted by Crippen LogP contribution is 2.29. The van der Waals surface area contributed by atoms with Gasteiger partial charge in [-0.2, -0.15) is 11.8 Å². The topological polar surface area (TPSA) is 68.0 Å². The SMILES string of the molecule is O=C(O)C1CCc2nnc(CC3CCCS3)n2C1. The lowest BCUT2D eigenvalue weighted by atomic mass is 9.99. The summed E-state index contributed by atoms with van der Waals surface area (Å²) in [7, 11) is 0. The van der Waals surface area contributed by atoms with Gasteiger partial charge in [0.05, 0.1) is 5.92 Å². The van der Waals surface area contributed by atoms with E-state index in [0.29, 0.717) is 18.2 Å². The maximum atomic E-state index is 11.1. The molecule has 3 heterocycles. The van der Waals surface area contributed by atoms with Crippen LogP contribution < -0.4 is 0 Å². The Labute approximate surface area is 110 Å². The normalized spacial score (nSPS) is 27.1. The van der Waals surface area contributed by atoms with Gasteiger partial charge in [-0.15, -0.1) is 10.2 Å². The van der Waals surface area contributed by atoms with Crippen LogP contribution in [0.2, 0.25) is 0 Å². The van der Waals surface area contributed by atoms with Gasteiger partial charge in [0.25, 0.3) is 0 Å². The van der Waals surface area contributed by atoms with Crippen LogP contribution in [0.1, 0.15) is 30.9 Å². The number of hydrogen-bond acceptors (Lipinski definition) is 4. The van der Waals surface area contributed by atoms with Crippen LogP contribution >= 0.6 is 11.8 Å². The van der Waals surface area contributed by atoms with E-state index >= 15 is 0 Å². The minimum Gasteiger partial charge on any atom is -0.481 e. The summed E-state index contributed by atoms with van der Waals surface area (Å²) < 4.78 is 2.04. The van der Waals surface area contributed by atoms with Crippen molar-refractivity contribution in [2.45, 2.75) is 43.9 Å². The molecule has 0 aromatic carbocycles. The fraction of sp³-hybridized carbons (Fsp3) is 0.750. The van der Waals surface area contributed by atoms with Gasteiger partial charge in [-0.3, -0.25) is 4.79 Å². The first kappa shape index (κ1) is 12.0. The number of rotatable bonds is 3. The van der Waals surface area contributed by atoms with Crippen LogP contribution in [0.25, 0.3) is 0 Å². The number of aliphatic carboxylic acids is 1. The van der Waals surface area contributed by atoms with Crippen molar-refractivity contribution in [2.75, 3.05) is 5.75 Å². The summed E-state index contributed by atoms with van der Waals surface area (Å²) in [6.45, 7) is 0.546. The minimum atomic E-state index is -0.699. The molecular weight excluding hydrogens is 250 g/mol. The maximum absolute atomic E-state index is 11.1. The van der Waals surface area contributed by atoms with E-state index in [0.717, 1.165) is 24.5 Å². The first-order valence-corrected chi connectivity index (χ1v) is 7.54. The van der Waals surface area contributed by atoms with Crippen LogP contribution in [-0.2, 0) is 24.2 Å². The Hall–Kier alpha value is -1.04. The number of fused-ring (bicyclic) bond motifs is 1. The molecule has 6 heteroatoms. The number of thioether (sulfide) groups is 1. The molecule has 0 amide bonds. The Bertz CT molecular complexity index is 454. The molecule has 0 spiro atoms. The van der Waals surface area contributed by atoms with Crippen molar-refractivity contribution in [3.63, 3.8) is 0 Å². The summed E-state index contributed by atoms with van der Waals surface area (Å²) in [5.74, 6) is 2.21. The molecule has 0 radical (unpaired) electrons. The Morgan fingerprint density at radius 1 is 1.44 bits per heavy atom. The molecule has 0 saturated carbocycles. The van der Waals surface area contributed by atoms with E-state index in [1.54, 1.807) is 0 Å². The van der Waals surface area contributed by atoms with Gasteiger partial charge in [0, 0.05) is 24.6 Å². The third-order valence-corrected chi connectivity index (χ3v) is 5.21. The van der Waals surface area contributed by atoms with Gasteiger partial charge in [0.1, 0.15) is 11.6 Å². The lowest BCUT2D eigenvalue weighted by Gasteiger charge is -2.21. The second kappa shape index (κ2) is 4.91. The third kappa shape index (κ3) is 2.25. The van der Waals surface area contributed by atoms with Gasteiger partial charge in [-0.25, -0.2) is 0 Å². The van der Waals surface area contributed by atoms with E-state index in [9.17, 15) is 4.79 Å². The smallest absolute Gasteiger partial charge is 0.308 e. The summed E-state index contributed by atoms with van der Waals surface area (Å²) in [5, 5.41) is 18.2. The molecule has 2 atom stereocenters. The molecule has 1 N–H and O–H groups in total. The predicted octanol–water partition coefficient (Wildman–Crippen LogP) is 1.36. The number of aryl methyl sites for hydroxylation is 1. The molecule has 1 aromatic rings. The van der Waals surface area contributed by atoms with E-state index in [1.807, 2.05) is 16.3 Å². The molecule has 0 aliphatic carbocycles. The highest BCUT2D eigenvalue weighted by molar-refractivity contribution is 8.00. The molecule has 2 unspecified atom stereocenters. The fourth-order valence-corrected chi connectivity index (χ4v) is 4.01. The fourth-order valence-electron chi connectivity index (χ4n) is 2.74. The Kier molecular flexibility index (Phi) is 3.28. The van der Waals surface area contributed by atoms with Crippen LogP contribution in [0.15, 0.2) is 0 Å². The van der Waals surface area contributed by atoms with Crippen molar-refractivity contribution < 1.29 is 9.90 Å². The summed E-state index contributed by atoms with van der Waals surface area (Å²) >= 11 is 2.00. The zero-order valence-corrected chi connectivity index (χ0v) is 11.0. The number of carboxylic acid groups (broad SMARTS) is 1. The Morgan fingerprint density at radius 3 is 3.06 bits per heavy atom. The number of carbonyl (C=O) groups is 1. The van der Waals surface area contributed by atoms with Gasteiger partial charge in [0.15, 0.2) is 0 Å². The largest absolute Gasteiger partial charge is 0.481 e. The lowest BCUT2D eigenvalue weighted by molar-refractivity contribution is -0.142.